The smallest absolute Gasteiger partial charge is 0.311 e. The van der Waals surface area contributed by atoms with Crippen molar-refractivity contribution in [3.63, 3.8) is 0 Å². The van der Waals surface area contributed by atoms with E-state index < -0.39 is 23.2 Å². The normalized spacial score (nSPS) is 15.8. The average Bonchev–Trinajstić information content (AvgIpc) is 2.64. The van der Waals surface area contributed by atoms with Gasteiger partial charge in [0, 0.05) is 6.54 Å². The molecule has 7 heteroatoms. The van der Waals surface area contributed by atoms with Gasteiger partial charge in [0.2, 0.25) is 5.91 Å². The molecule has 3 N–H and O–H groups in total. The lowest BCUT2D eigenvalue weighted by Crippen LogP contribution is -2.47. The van der Waals surface area contributed by atoms with E-state index in [1.54, 1.807) is 24.3 Å². The monoisotopic (exact) mass is 348 g/mol. The van der Waals surface area contributed by atoms with E-state index in [0.717, 1.165) is 19.3 Å². The quantitative estimate of drug-likeness (QED) is 0.657. The molecule has 7 nitrogen and oxygen atoms in total. The minimum Gasteiger partial charge on any atom is -0.484 e. The summed E-state index contributed by atoms with van der Waals surface area (Å²) < 4.78 is 5.28. The molecule has 0 heterocycles. The predicted molar refractivity (Wildman–Crippen MR) is 91.1 cm³/mol. The molecular weight excluding hydrogens is 324 g/mol. The first-order chi connectivity index (χ1) is 12.0. The summed E-state index contributed by atoms with van der Waals surface area (Å²) >= 11 is 0. The van der Waals surface area contributed by atoms with Crippen molar-refractivity contribution in [2.45, 2.75) is 32.1 Å². The van der Waals surface area contributed by atoms with Crippen molar-refractivity contribution in [2.75, 3.05) is 19.7 Å². The number of carboxylic acids is 1. The summed E-state index contributed by atoms with van der Waals surface area (Å²) in [5.41, 5.74) is -0.881. The molecule has 2 rings (SSSR count). The van der Waals surface area contributed by atoms with E-state index in [2.05, 4.69) is 10.6 Å². The van der Waals surface area contributed by atoms with E-state index in [0.29, 0.717) is 18.6 Å². The zero-order chi connectivity index (χ0) is 18.1. The largest absolute Gasteiger partial charge is 0.484 e. The van der Waals surface area contributed by atoms with Crippen LogP contribution in [0.3, 0.4) is 0 Å². The van der Waals surface area contributed by atoms with E-state index in [-0.39, 0.29) is 19.7 Å². The van der Waals surface area contributed by atoms with Crippen LogP contribution in [0.2, 0.25) is 0 Å². The van der Waals surface area contributed by atoms with Crippen molar-refractivity contribution in [1.29, 1.82) is 0 Å². The number of amides is 2. The summed E-state index contributed by atoms with van der Waals surface area (Å²) in [4.78, 5) is 35.1. The van der Waals surface area contributed by atoms with Gasteiger partial charge in [-0.1, -0.05) is 37.5 Å². The van der Waals surface area contributed by atoms with Gasteiger partial charge in [-0.25, -0.2) is 0 Å². The van der Waals surface area contributed by atoms with Crippen LogP contribution in [0.15, 0.2) is 30.3 Å². The molecule has 1 aliphatic carbocycles. The second-order valence-electron chi connectivity index (χ2n) is 6.30. The average molecular weight is 348 g/mol. The fourth-order valence-electron chi connectivity index (χ4n) is 2.92. The molecule has 0 atom stereocenters. The number of hydrogen-bond acceptors (Lipinski definition) is 4. The first kappa shape index (κ1) is 18.8. The Kier molecular flexibility index (Phi) is 6.80. The summed E-state index contributed by atoms with van der Waals surface area (Å²) in [6.07, 6.45) is 3.88. The third kappa shape index (κ3) is 5.77. The highest BCUT2D eigenvalue weighted by atomic mass is 16.5. The van der Waals surface area contributed by atoms with Gasteiger partial charge in [-0.2, -0.15) is 0 Å². The molecule has 1 aliphatic rings. The molecule has 0 unspecified atom stereocenters. The van der Waals surface area contributed by atoms with Crippen molar-refractivity contribution in [1.82, 2.24) is 10.6 Å². The number of para-hydroxylation sites is 1. The third-order valence-electron chi connectivity index (χ3n) is 4.45. The number of benzene rings is 1. The Bertz CT molecular complexity index is 597. The van der Waals surface area contributed by atoms with Crippen molar-refractivity contribution in [2.24, 2.45) is 5.41 Å². The van der Waals surface area contributed by atoms with E-state index in [4.69, 9.17) is 4.74 Å². The maximum atomic E-state index is 11.9. The lowest BCUT2D eigenvalue weighted by atomic mass is 9.74. The van der Waals surface area contributed by atoms with E-state index in [1.165, 1.54) is 0 Å². The van der Waals surface area contributed by atoms with Gasteiger partial charge in [0.25, 0.3) is 5.91 Å². The molecule has 1 saturated carbocycles. The zero-order valence-corrected chi connectivity index (χ0v) is 14.1. The number of aliphatic carboxylic acids is 1. The molecule has 0 aromatic heterocycles. The van der Waals surface area contributed by atoms with Crippen LogP contribution in [0, 0.1) is 5.41 Å². The van der Waals surface area contributed by atoms with Crippen molar-refractivity contribution in [3.8, 4) is 5.75 Å². The Morgan fingerprint density at radius 2 is 1.68 bits per heavy atom. The number of nitrogens with one attached hydrogen (secondary N) is 2. The second-order valence-corrected chi connectivity index (χ2v) is 6.30. The van der Waals surface area contributed by atoms with Crippen LogP contribution in [0.1, 0.15) is 32.1 Å². The Labute approximate surface area is 146 Å². The fourth-order valence-corrected chi connectivity index (χ4v) is 2.92. The van der Waals surface area contributed by atoms with Gasteiger partial charge in [-0.15, -0.1) is 0 Å². The molecule has 136 valence electrons. The molecule has 0 aliphatic heterocycles. The summed E-state index contributed by atoms with van der Waals surface area (Å²) in [5.74, 6) is -1.11. The second kappa shape index (κ2) is 9.05. The molecule has 0 bridgehead atoms. The molecule has 0 spiro atoms. The van der Waals surface area contributed by atoms with Crippen LogP contribution in [-0.4, -0.2) is 42.6 Å². The standard InChI is InChI=1S/C18H24N2O5/c21-15(20-13-18(17(23)24)9-5-2-6-10-18)11-19-16(22)12-25-14-7-3-1-4-8-14/h1,3-4,7-8H,2,5-6,9-13H2,(H,19,22)(H,20,21)(H,23,24). The van der Waals surface area contributed by atoms with Crippen LogP contribution in [0.25, 0.3) is 0 Å². The highest BCUT2D eigenvalue weighted by molar-refractivity contribution is 5.85. The van der Waals surface area contributed by atoms with E-state index in [9.17, 15) is 19.5 Å². The lowest BCUT2D eigenvalue weighted by molar-refractivity contribution is -0.151. The van der Waals surface area contributed by atoms with Gasteiger partial charge >= 0.3 is 5.97 Å². The Hall–Kier alpha value is -2.57. The van der Waals surface area contributed by atoms with Gasteiger partial charge in [-0.3, -0.25) is 14.4 Å². The molecular formula is C18H24N2O5. The SMILES string of the molecule is O=C(CNC(=O)COc1ccccc1)NCC1(C(=O)O)CCCCC1. The molecule has 25 heavy (non-hydrogen) atoms. The molecule has 1 aromatic rings. The van der Waals surface area contributed by atoms with Gasteiger partial charge in [-0.05, 0) is 25.0 Å². The zero-order valence-electron chi connectivity index (χ0n) is 14.1. The number of hydrogen-bond donors (Lipinski definition) is 3. The maximum Gasteiger partial charge on any atom is 0.311 e. The highest BCUT2D eigenvalue weighted by Gasteiger charge is 2.39. The van der Waals surface area contributed by atoms with Crippen LogP contribution in [0.4, 0.5) is 0 Å². The first-order valence-electron chi connectivity index (χ1n) is 8.46. The van der Waals surface area contributed by atoms with Gasteiger partial charge in [0.1, 0.15) is 5.75 Å². The van der Waals surface area contributed by atoms with Crippen LogP contribution >= 0.6 is 0 Å². The topological polar surface area (TPSA) is 105 Å². The summed E-state index contributed by atoms with van der Waals surface area (Å²) in [7, 11) is 0. The summed E-state index contributed by atoms with van der Waals surface area (Å²) in [5, 5.41) is 14.5. The Morgan fingerprint density at radius 3 is 2.32 bits per heavy atom. The highest BCUT2D eigenvalue weighted by Crippen LogP contribution is 2.35. The number of ether oxygens (including phenoxy) is 1. The Balaban J connectivity index is 1.69. The third-order valence-corrected chi connectivity index (χ3v) is 4.45. The van der Waals surface area contributed by atoms with Crippen molar-refractivity contribution < 1.29 is 24.2 Å². The number of carboxylic acid groups (broad SMARTS) is 1. The summed E-state index contributed by atoms with van der Waals surface area (Å²) in [6.45, 7) is -0.291. The maximum absolute atomic E-state index is 11.9. The Morgan fingerprint density at radius 1 is 1.00 bits per heavy atom. The lowest BCUT2D eigenvalue weighted by Gasteiger charge is -2.33. The predicted octanol–water partition coefficient (Wildman–Crippen LogP) is 1.33. The minimum atomic E-state index is -0.881. The van der Waals surface area contributed by atoms with Crippen LogP contribution < -0.4 is 15.4 Å². The minimum absolute atomic E-state index is 0.0948. The van der Waals surface area contributed by atoms with Gasteiger partial charge in [0.15, 0.2) is 6.61 Å². The van der Waals surface area contributed by atoms with Crippen molar-refractivity contribution in [3.05, 3.63) is 30.3 Å². The van der Waals surface area contributed by atoms with Crippen LogP contribution in [0.5, 0.6) is 5.75 Å². The number of carbonyl (C=O) groups excluding carboxylic acids is 2. The van der Waals surface area contributed by atoms with Crippen molar-refractivity contribution >= 4 is 17.8 Å². The molecule has 0 radical (unpaired) electrons. The fraction of sp³-hybridized carbons (Fsp3) is 0.500. The van der Waals surface area contributed by atoms with E-state index in [1.807, 2.05) is 6.07 Å². The van der Waals surface area contributed by atoms with E-state index >= 15 is 0 Å². The van der Waals surface area contributed by atoms with Gasteiger partial charge < -0.3 is 20.5 Å². The molecule has 2 amide bonds. The van der Waals surface area contributed by atoms with Gasteiger partial charge in [0.05, 0.1) is 12.0 Å². The molecule has 1 aromatic carbocycles. The number of carbonyl (C=O) groups is 3. The molecule has 1 fully saturated rings. The summed E-state index contributed by atoms with van der Waals surface area (Å²) in [6, 6.07) is 8.90. The number of rotatable bonds is 8. The van der Waals surface area contributed by atoms with Crippen LogP contribution in [-0.2, 0) is 14.4 Å². The molecule has 0 saturated heterocycles. The first-order valence-corrected chi connectivity index (χ1v) is 8.46.